The van der Waals surface area contributed by atoms with Gasteiger partial charge < -0.3 is 11.1 Å². The monoisotopic (exact) mass is 297 g/mol. The standard InChI is InChI=1S/C14H23N3O2S/c1-10(15)9-11(2)16-12-5-7-14(8-6-12)20(18,19)17-13-3-4-13/h5-8,10-11,13,16-17H,3-4,9,15H2,1-2H3. The molecule has 0 heterocycles. The predicted molar refractivity (Wildman–Crippen MR) is 81.1 cm³/mol. The zero-order chi connectivity index (χ0) is 14.8. The molecule has 2 unspecified atom stereocenters. The molecule has 1 aromatic carbocycles. The van der Waals surface area contributed by atoms with Gasteiger partial charge in [0.25, 0.3) is 0 Å². The highest BCUT2D eigenvalue weighted by atomic mass is 32.2. The van der Waals surface area contributed by atoms with Crippen LogP contribution in [0.3, 0.4) is 0 Å². The molecular weight excluding hydrogens is 274 g/mol. The maximum Gasteiger partial charge on any atom is 0.240 e. The lowest BCUT2D eigenvalue weighted by atomic mass is 10.1. The molecule has 1 saturated carbocycles. The third-order valence-electron chi connectivity index (χ3n) is 3.20. The summed E-state index contributed by atoms with van der Waals surface area (Å²) in [5.74, 6) is 0. The van der Waals surface area contributed by atoms with E-state index in [2.05, 4.69) is 17.0 Å². The molecule has 0 saturated heterocycles. The van der Waals surface area contributed by atoms with Gasteiger partial charge in [-0.2, -0.15) is 0 Å². The quantitative estimate of drug-likeness (QED) is 0.714. The topological polar surface area (TPSA) is 84.2 Å². The second kappa shape index (κ2) is 6.11. The van der Waals surface area contributed by atoms with Gasteiger partial charge in [-0.05, 0) is 57.4 Å². The molecular formula is C14H23N3O2S. The minimum atomic E-state index is -3.36. The second-order valence-corrected chi connectivity index (χ2v) is 7.39. The van der Waals surface area contributed by atoms with Crippen LogP contribution in [0.1, 0.15) is 33.1 Å². The summed E-state index contributed by atoms with van der Waals surface area (Å²) in [6.07, 6.45) is 2.74. The van der Waals surface area contributed by atoms with E-state index in [0.29, 0.717) is 4.90 Å². The molecule has 1 aliphatic carbocycles. The highest BCUT2D eigenvalue weighted by Crippen LogP contribution is 2.23. The smallest absolute Gasteiger partial charge is 0.240 e. The first-order valence-corrected chi connectivity index (χ1v) is 8.49. The molecule has 5 nitrogen and oxygen atoms in total. The summed E-state index contributed by atoms with van der Waals surface area (Å²) in [6.45, 7) is 4.03. The van der Waals surface area contributed by atoms with Gasteiger partial charge in [-0.1, -0.05) is 0 Å². The Balaban J connectivity index is 1.98. The first kappa shape index (κ1) is 15.3. The molecule has 1 fully saturated rings. The average Bonchev–Trinajstić information content (AvgIpc) is 3.11. The second-order valence-electron chi connectivity index (χ2n) is 5.68. The number of nitrogens with one attached hydrogen (secondary N) is 2. The first-order chi connectivity index (χ1) is 9.37. The van der Waals surface area contributed by atoms with Gasteiger partial charge in [-0.25, -0.2) is 13.1 Å². The minimum Gasteiger partial charge on any atom is -0.383 e. The summed E-state index contributed by atoms with van der Waals surface area (Å²) in [5.41, 5.74) is 6.66. The Morgan fingerprint density at radius 1 is 1.25 bits per heavy atom. The molecule has 2 atom stereocenters. The van der Waals surface area contributed by atoms with Gasteiger partial charge in [0.2, 0.25) is 10.0 Å². The van der Waals surface area contributed by atoms with Crippen molar-refractivity contribution in [3.05, 3.63) is 24.3 Å². The van der Waals surface area contributed by atoms with Gasteiger partial charge in [0.1, 0.15) is 0 Å². The fourth-order valence-electron chi connectivity index (χ4n) is 2.12. The summed E-state index contributed by atoms with van der Waals surface area (Å²) in [7, 11) is -3.36. The van der Waals surface area contributed by atoms with Crippen molar-refractivity contribution in [3.8, 4) is 0 Å². The molecule has 2 rings (SSSR count). The summed E-state index contributed by atoms with van der Waals surface area (Å²) in [5, 5.41) is 3.31. The molecule has 0 bridgehead atoms. The fraction of sp³-hybridized carbons (Fsp3) is 0.571. The molecule has 112 valence electrons. The van der Waals surface area contributed by atoms with E-state index in [1.165, 1.54) is 0 Å². The van der Waals surface area contributed by atoms with Crippen LogP contribution in [0.25, 0.3) is 0 Å². The van der Waals surface area contributed by atoms with Gasteiger partial charge in [0, 0.05) is 23.8 Å². The third-order valence-corrected chi connectivity index (χ3v) is 4.74. The lowest BCUT2D eigenvalue weighted by molar-refractivity contribution is 0.581. The molecule has 20 heavy (non-hydrogen) atoms. The molecule has 4 N–H and O–H groups in total. The van der Waals surface area contributed by atoms with Gasteiger partial charge in [-0.3, -0.25) is 0 Å². The Bertz CT molecular complexity index is 536. The number of hydrogen-bond donors (Lipinski definition) is 3. The van der Waals surface area contributed by atoms with Crippen LogP contribution in [0, 0.1) is 0 Å². The van der Waals surface area contributed by atoms with Crippen LogP contribution in [-0.4, -0.2) is 26.5 Å². The van der Waals surface area contributed by atoms with Crippen molar-refractivity contribution in [2.45, 2.75) is 56.1 Å². The largest absolute Gasteiger partial charge is 0.383 e. The number of rotatable bonds is 7. The van der Waals surface area contributed by atoms with E-state index in [-0.39, 0.29) is 18.1 Å². The lowest BCUT2D eigenvalue weighted by Gasteiger charge is -2.17. The molecule has 0 aromatic heterocycles. The zero-order valence-corrected chi connectivity index (χ0v) is 12.8. The minimum absolute atomic E-state index is 0.129. The van der Waals surface area contributed by atoms with E-state index in [9.17, 15) is 8.42 Å². The maximum absolute atomic E-state index is 12.0. The van der Waals surface area contributed by atoms with Crippen molar-refractivity contribution >= 4 is 15.7 Å². The molecule has 0 aliphatic heterocycles. The number of hydrogen-bond acceptors (Lipinski definition) is 4. The van der Waals surface area contributed by atoms with E-state index < -0.39 is 10.0 Å². The fourth-order valence-corrected chi connectivity index (χ4v) is 3.43. The zero-order valence-electron chi connectivity index (χ0n) is 12.0. The van der Waals surface area contributed by atoms with Gasteiger partial charge in [0.05, 0.1) is 4.90 Å². The summed E-state index contributed by atoms with van der Waals surface area (Å²) < 4.78 is 26.7. The van der Waals surface area contributed by atoms with Crippen LogP contribution >= 0.6 is 0 Å². The molecule has 1 aromatic rings. The lowest BCUT2D eigenvalue weighted by Crippen LogP contribution is -2.26. The van der Waals surface area contributed by atoms with Gasteiger partial charge in [0.15, 0.2) is 0 Å². The molecule has 0 spiro atoms. The van der Waals surface area contributed by atoms with Crippen molar-refractivity contribution in [2.24, 2.45) is 5.73 Å². The summed E-state index contributed by atoms with van der Waals surface area (Å²) in [4.78, 5) is 0.315. The average molecular weight is 297 g/mol. The van der Waals surface area contributed by atoms with Gasteiger partial charge in [-0.15, -0.1) is 0 Å². The van der Waals surface area contributed by atoms with Crippen molar-refractivity contribution in [2.75, 3.05) is 5.32 Å². The Morgan fingerprint density at radius 2 is 1.85 bits per heavy atom. The first-order valence-electron chi connectivity index (χ1n) is 7.01. The van der Waals surface area contributed by atoms with E-state index in [0.717, 1.165) is 24.9 Å². The molecule has 0 radical (unpaired) electrons. The number of benzene rings is 1. The Kier molecular flexibility index (Phi) is 4.67. The van der Waals surface area contributed by atoms with Crippen molar-refractivity contribution in [1.82, 2.24) is 4.72 Å². The number of sulfonamides is 1. The van der Waals surface area contributed by atoms with E-state index in [1.54, 1.807) is 24.3 Å². The Morgan fingerprint density at radius 3 is 2.35 bits per heavy atom. The summed E-state index contributed by atoms with van der Waals surface area (Å²) in [6, 6.07) is 7.36. The SMILES string of the molecule is CC(N)CC(C)Nc1ccc(S(=O)(=O)NC2CC2)cc1. The van der Waals surface area contributed by atoms with Crippen LogP contribution < -0.4 is 15.8 Å². The predicted octanol–water partition coefficient (Wildman–Crippen LogP) is 1.66. The van der Waals surface area contributed by atoms with Crippen LogP contribution in [0.2, 0.25) is 0 Å². The highest BCUT2D eigenvalue weighted by Gasteiger charge is 2.27. The van der Waals surface area contributed by atoms with Crippen molar-refractivity contribution < 1.29 is 8.42 Å². The van der Waals surface area contributed by atoms with Crippen LogP contribution in [0.4, 0.5) is 5.69 Å². The van der Waals surface area contributed by atoms with E-state index in [1.807, 2.05) is 6.92 Å². The van der Waals surface area contributed by atoms with Gasteiger partial charge >= 0.3 is 0 Å². The van der Waals surface area contributed by atoms with Crippen molar-refractivity contribution in [1.29, 1.82) is 0 Å². The van der Waals surface area contributed by atoms with Crippen LogP contribution in [-0.2, 0) is 10.0 Å². The summed E-state index contributed by atoms with van der Waals surface area (Å²) >= 11 is 0. The Labute approximate surface area is 121 Å². The number of nitrogens with two attached hydrogens (primary N) is 1. The molecule has 0 amide bonds. The maximum atomic E-state index is 12.0. The van der Waals surface area contributed by atoms with Crippen LogP contribution in [0.5, 0.6) is 0 Å². The Hall–Kier alpha value is -1.11. The van der Waals surface area contributed by atoms with Crippen molar-refractivity contribution in [3.63, 3.8) is 0 Å². The van der Waals surface area contributed by atoms with E-state index >= 15 is 0 Å². The number of anilines is 1. The third kappa shape index (κ3) is 4.47. The molecule has 6 heteroatoms. The van der Waals surface area contributed by atoms with Crippen LogP contribution in [0.15, 0.2) is 29.2 Å². The highest BCUT2D eigenvalue weighted by molar-refractivity contribution is 7.89. The molecule has 1 aliphatic rings. The normalized spacial score (nSPS) is 18.6. The van der Waals surface area contributed by atoms with E-state index in [4.69, 9.17) is 5.73 Å².